The number of carboxylic acid groups (broad SMARTS) is 1. The molecular formula is C14H14N2O3. The van der Waals surface area contributed by atoms with Crippen molar-refractivity contribution in [2.24, 2.45) is 0 Å². The highest BCUT2D eigenvalue weighted by atomic mass is 16.4. The highest BCUT2D eigenvalue weighted by Crippen LogP contribution is 2.12. The van der Waals surface area contributed by atoms with Gasteiger partial charge in [-0.25, -0.2) is 4.79 Å². The number of aromatic carboxylic acids is 1. The van der Waals surface area contributed by atoms with Gasteiger partial charge in [0.1, 0.15) is 0 Å². The van der Waals surface area contributed by atoms with Crippen LogP contribution in [0.5, 0.6) is 0 Å². The molecule has 0 atom stereocenters. The summed E-state index contributed by atoms with van der Waals surface area (Å²) in [7, 11) is 0. The van der Waals surface area contributed by atoms with E-state index in [1.165, 1.54) is 10.6 Å². The summed E-state index contributed by atoms with van der Waals surface area (Å²) in [5.41, 5.74) is 1.60. The SMILES string of the molecule is Cc1cc(=O)n(Cc2ccccn2)c(C)c1C(=O)O. The van der Waals surface area contributed by atoms with Crippen molar-refractivity contribution in [3.05, 3.63) is 63.3 Å². The Kier molecular flexibility index (Phi) is 3.46. The second-order valence-electron chi connectivity index (χ2n) is 4.34. The Hall–Kier alpha value is -2.43. The molecule has 2 heterocycles. The van der Waals surface area contributed by atoms with Crippen LogP contribution < -0.4 is 5.56 Å². The Morgan fingerprint density at radius 2 is 2.11 bits per heavy atom. The molecule has 0 spiro atoms. The summed E-state index contributed by atoms with van der Waals surface area (Å²) in [6.45, 7) is 3.54. The molecule has 0 saturated carbocycles. The number of pyridine rings is 2. The molecule has 2 rings (SSSR count). The van der Waals surface area contributed by atoms with Gasteiger partial charge in [-0.2, -0.15) is 0 Å². The topological polar surface area (TPSA) is 72.2 Å². The fraction of sp³-hybridized carbons (Fsp3) is 0.214. The minimum absolute atomic E-state index is 0.176. The highest BCUT2D eigenvalue weighted by Gasteiger charge is 2.15. The van der Waals surface area contributed by atoms with Crippen LogP contribution in [0, 0.1) is 13.8 Å². The molecule has 0 amide bonds. The van der Waals surface area contributed by atoms with Crippen LogP contribution in [0.2, 0.25) is 0 Å². The number of aromatic nitrogens is 2. The molecule has 2 aromatic rings. The lowest BCUT2D eigenvalue weighted by molar-refractivity contribution is 0.0694. The molecule has 5 nitrogen and oxygen atoms in total. The second-order valence-corrected chi connectivity index (χ2v) is 4.34. The molecule has 1 N–H and O–H groups in total. The third-order valence-corrected chi connectivity index (χ3v) is 3.03. The molecule has 0 unspecified atom stereocenters. The van der Waals surface area contributed by atoms with Gasteiger partial charge in [-0.05, 0) is 31.5 Å². The number of carbonyl (C=O) groups is 1. The van der Waals surface area contributed by atoms with Crippen LogP contribution in [0.25, 0.3) is 0 Å². The van der Waals surface area contributed by atoms with Crippen molar-refractivity contribution in [3.8, 4) is 0 Å². The van der Waals surface area contributed by atoms with Gasteiger partial charge in [-0.1, -0.05) is 6.07 Å². The van der Waals surface area contributed by atoms with Gasteiger partial charge in [-0.3, -0.25) is 9.78 Å². The van der Waals surface area contributed by atoms with Crippen LogP contribution in [-0.2, 0) is 6.54 Å². The van der Waals surface area contributed by atoms with Crippen LogP contribution in [0.3, 0.4) is 0 Å². The summed E-state index contributed by atoms with van der Waals surface area (Å²) in [4.78, 5) is 27.4. The van der Waals surface area contributed by atoms with Crippen molar-refractivity contribution >= 4 is 5.97 Å². The normalized spacial score (nSPS) is 10.4. The van der Waals surface area contributed by atoms with E-state index in [1.807, 2.05) is 6.07 Å². The summed E-state index contributed by atoms with van der Waals surface area (Å²) in [5.74, 6) is -1.02. The average Bonchev–Trinajstić information content (AvgIpc) is 2.35. The number of rotatable bonds is 3. The summed E-state index contributed by atoms with van der Waals surface area (Å²) in [5, 5.41) is 9.20. The molecule has 0 saturated heterocycles. The number of nitrogens with zero attached hydrogens (tertiary/aromatic N) is 2. The molecule has 5 heteroatoms. The highest BCUT2D eigenvalue weighted by molar-refractivity contribution is 5.90. The number of aryl methyl sites for hydroxylation is 1. The van der Waals surface area contributed by atoms with Crippen molar-refractivity contribution in [1.29, 1.82) is 0 Å². The van der Waals surface area contributed by atoms with Crippen LogP contribution in [-0.4, -0.2) is 20.6 Å². The molecule has 0 aliphatic carbocycles. The third kappa shape index (κ3) is 2.54. The first-order chi connectivity index (χ1) is 9.00. The molecule has 0 aromatic carbocycles. The van der Waals surface area contributed by atoms with E-state index in [0.717, 1.165) is 0 Å². The molecule has 0 aliphatic heterocycles. The van der Waals surface area contributed by atoms with Crippen molar-refractivity contribution < 1.29 is 9.90 Å². The number of hydrogen-bond acceptors (Lipinski definition) is 3. The van der Waals surface area contributed by atoms with Crippen molar-refractivity contribution in [2.45, 2.75) is 20.4 Å². The number of hydrogen-bond donors (Lipinski definition) is 1. The molecule has 19 heavy (non-hydrogen) atoms. The van der Waals surface area contributed by atoms with Gasteiger partial charge in [0.25, 0.3) is 5.56 Å². The summed E-state index contributed by atoms with van der Waals surface area (Å²) in [6.07, 6.45) is 1.64. The van der Waals surface area contributed by atoms with Gasteiger partial charge in [0, 0.05) is 18.0 Å². The zero-order valence-corrected chi connectivity index (χ0v) is 10.8. The van der Waals surface area contributed by atoms with E-state index in [-0.39, 0.29) is 17.7 Å². The van der Waals surface area contributed by atoms with Crippen molar-refractivity contribution in [2.75, 3.05) is 0 Å². The maximum Gasteiger partial charge on any atom is 0.337 e. The van der Waals surface area contributed by atoms with Gasteiger partial charge < -0.3 is 9.67 Å². The Morgan fingerprint density at radius 1 is 1.37 bits per heavy atom. The monoisotopic (exact) mass is 258 g/mol. The van der Waals surface area contributed by atoms with E-state index < -0.39 is 5.97 Å². The lowest BCUT2D eigenvalue weighted by Gasteiger charge is -2.13. The number of carboxylic acids is 1. The van der Waals surface area contributed by atoms with E-state index in [9.17, 15) is 14.7 Å². The average molecular weight is 258 g/mol. The summed E-state index contributed by atoms with van der Waals surface area (Å²) < 4.78 is 1.43. The largest absolute Gasteiger partial charge is 0.478 e. The summed E-state index contributed by atoms with van der Waals surface area (Å²) >= 11 is 0. The van der Waals surface area contributed by atoms with Crippen LogP contribution in [0.15, 0.2) is 35.3 Å². The van der Waals surface area contributed by atoms with Crippen LogP contribution >= 0.6 is 0 Å². The molecule has 2 aromatic heterocycles. The Labute approximate surface area is 110 Å². The molecule has 0 radical (unpaired) electrons. The molecule has 0 bridgehead atoms. The Bertz CT molecular complexity index is 675. The first kappa shape index (κ1) is 13.0. The van der Waals surface area contributed by atoms with E-state index >= 15 is 0 Å². The van der Waals surface area contributed by atoms with Gasteiger partial charge in [0.2, 0.25) is 0 Å². The lowest BCUT2D eigenvalue weighted by Crippen LogP contribution is -2.26. The second kappa shape index (κ2) is 5.06. The van der Waals surface area contributed by atoms with E-state index in [2.05, 4.69) is 4.98 Å². The van der Waals surface area contributed by atoms with Crippen LogP contribution in [0.1, 0.15) is 27.3 Å². The Morgan fingerprint density at radius 3 is 2.68 bits per heavy atom. The van der Waals surface area contributed by atoms with Gasteiger partial charge in [0.15, 0.2) is 0 Å². The standard InChI is InChI=1S/C14H14N2O3/c1-9-7-12(17)16(10(2)13(9)14(18)19)8-11-5-3-4-6-15-11/h3-7H,8H2,1-2H3,(H,18,19). The fourth-order valence-corrected chi connectivity index (χ4v) is 2.09. The summed E-state index contributed by atoms with van der Waals surface area (Å²) in [6, 6.07) is 6.76. The zero-order valence-electron chi connectivity index (χ0n) is 10.8. The minimum atomic E-state index is -1.02. The third-order valence-electron chi connectivity index (χ3n) is 3.03. The van der Waals surface area contributed by atoms with Crippen LogP contribution in [0.4, 0.5) is 0 Å². The minimum Gasteiger partial charge on any atom is -0.478 e. The van der Waals surface area contributed by atoms with Crippen molar-refractivity contribution in [3.63, 3.8) is 0 Å². The van der Waals surface area contributed by atoms with E-state index in [4.69, 9.17) is 0 Å². The van der Waals surface area contributed by atoms with Gasteiger partial charge >= 0.3 is 5.97 Å². The van der Waals surface area contributed by atoms with Gasteiger partial charge in [-0.15, -0.1) is 0 Å². The molecule has 0 fully saturated rings. The van der Waals surface area contributed by atoms with E-state index in [1.54, 1.807) is 32.2 Å². The van der Waals surface area contributed by atoms with Gasteiger partial charge in [0.05, 0.1) is 17.8 Å². The Balaban J connectivity index is 2.55. The van der Waals surface area contributed by atoms with Crippen molar-refractivity contribution in [1.82, 2.24) is 9.55 Å². The zero-order chi connectivity index (χ0) is 14.0. The van der Waals surface area contributed by atoms with E-state index in [0.29, 0.717) is 17.0 Å². The first-order valence-electron chi connectivity index (χ1n) is 5.85. The quantitative estimate of drug-likeness (QED) is 0.907. The fourth-order valence-electron chi connectivity index (χ4n) is 2.09. The molecule has 0 aliphatic rings. The predicted octanol–water partition coefficient (Wildman–Crippen LogP) is 1.61. The molecule has 98 valence electrons. The molecular weight excluding hydrogens is 244 g/mol. The predicted molar refractivity (Wildman–Crippen MR) is 70.5 cm³/mol. The first-order valence-corrected chi connectivity index (χ1v) is 5.85. The lowest BCUT2D eigenvalue weighted by atomic mass is 10.1. The smallest absolute Gasteiger partial charge is 0.337 e. The maximum absolute atomic E-state index is 12.0. The maximum atomic E-state index is 12.0.